The summed E-state index contributed by atoms with van der Waals surface area (Å²) in [5, 5.41) is 11.0. The molecule has 2 N–H and O–H groups in total. The van der Waals surface area contributed by atoms with Gasteiger partial charge in [0.25, 0.3) is 0 Å². The minimum Gasteiger partial charge on any atom is -0.457 e. The molecule has 0 saturated carbocycles. The second kappa shape index (κ2) is 32.5. The number of ether oxygens (including phenoxy) is 3. The lowest BCUT2D eigenvalue weighted by molar-refractivity contribution is -0.154. The van der Waals surface area contributed by atoms with Gasteiger partial charge in [-0.15, -0.1) is 0 Å². The third kappa shape index (κ3) is 22.1. The lowest BCUT2D eigenvalue weighted by atomic mass is 9.98. The number of phosphoric ester groups is 1. The van der Waals surface area contributed by atoms with Crippen molar-refractivity contribution in [2.24, 2.45) is 0 Å². The number of alkyl halides is 1. The predicted molar refractivity (Wildman–Crippen MR) is 257 cm³/mol. The summed E-state index contributed by atoms with van der Waals surface area (Å²) in [6.07, 6.45) is 29.3. The zero-order chi connectivity index (χ0) is 47.3. The van der Waals surface area contributed by atoms with Gasteiger partial charge in [0.05, 0.1) is 26.1 Å². The molecule has 65 heavy (non-hydrogen) atoms. The van der Waals surface area contributed by atoms with Crippen LogP contribution in [-0.2, 0) is 32.6 Å². The number of halogens is 1. The monoisotopic (exact) mass is 942 g/mol. The van der Waals surface area contributed by atoms with E-state index in [1.54, 1.807) is 25.9 Å². The van der Waals surface area contributed by atoms with Gasteiger partial charge in [-0.3, -0.25) is 18.4 Å². The van der Waals surface area contributed by atoms with Gasteiger partial charge < -0.3 is 29.1 Å². The Hall–Kier alpha value is -2.26. The number of phosphoric acid groups is 1. The molecule has 3 heterocycles. The van der Waals surface area contributed by atoms with Crippen molar-refractivity contribution in [1.29, 1.82) is 0 Å². The molecule has 3 rings (SSSR count). The van der Waals surface area contributed by atoms with Crippen LogP contribution in [0.3, 0.4) is 0 Å². The summed E-state index contributed by atoms with van der Waals surface area (Å²) in [5.74, 6) is 0.549. The van der Waals surface area contributed by atoms with Crippen LogP contribution in [0.4, 0.5) is 10.2 Å². The number of carbonyl (C=O) groups is 1. The highest BCUT2D eigenvalue weighted by molar-refractivity contribution is 7.47. The van der Waals surface area contributed by atoms with Gasteiger partial charge in [0, 0.05) is 27.1 Å². The number of anilines is 1. The highest BCUT2D eigenvalue weighted by Crippen LogP contribution is 2.47. The smallest absolute Gasteiger partial charge is 0.457 e. The van der Waals surface area contributed by atoms with E-state index in [1.807, 2.05) is 0 Å². The van der Waals surface area contributed by atoms with Crippen LogP contribution in [0.1, 0.15) is 213 Å². The first-order chi connectivity index (χ1) is 31.3. The van der Waals surface area contributed by atoms with Gasteiger partial charge in [-0.05, 0) is 26.7 Å². The van der Waals surface area contributed by atoms with Crippen molar-refractivity contribution in [3.05, 3.63) is 12.2 Å². The number of fused-ring (bicyclic) bond motifs is 1. The van der Waals surface area contributed by atoms with Gasteiger partial charge in [-0.1, -0.05) is 174 Å². The number of aliphatic hydroxyl groups is 1. The summed E-state index contributed by atoms with van der Waals surface area (Å²) < 4.78 is 58.8. The summed E-state index contributed by atoms with van der Waals surface area (Å²) >= 11 is 0. The van der Waals surface area contributed by atoms with Crippen molar-refractivity contribution >= 4 is 30.8 Å². The van der Waals surface area contributed by atoms with Gasteiger partial charge in [-0.2, -0.15) is 0 Å². The molecule has 0 radical (unpaired) electrons. The third-order valence-corrected chi connectivity index (χ3v) is 13.4. The number of rotatable bonds is 40. The number of aliphatic hydroxyl groups excluding tert-OH is 1. The Morgan fingerprint density at radius 2 is 1.29 bits per heavy atom. The molecule has 0 aromatic carbocycles. The van der Waals surface area contributed by atoms with Crippen molar-refractivity contribution in [1.82, 2.24) is 19.5 Å². The van der Waals surface area contributed by atoms with Gasteiger partial charge in [0.1, 0.15) is 24.1 Å². The lowest BCUT2D eigenvalue weighted by Gasteiger charge is -2.24. The number of imidazole rings is 1. The molecule has 16 heteroatoms. The largest absolute Gasteiger partial charge is 0.472 e. The van der Waals surface area contributed by atoms with Crippen LogP contribution >= 0.6 is 7.82 Å². The molecular weight excluding hydrogens is 853 g/mol. The summed E-state index contributed by atoms with van der Waals surface area (Å²) in [6, 6.07) is 0. The number of hydrogen-bond donors (Lipinski definition) is 2. The third-order valence-electron chi connectivity index (χ3n) is 12.5. The van der Waals surface area contributed by atoms with E-state index < -0.39 is 57.2 Å². The summed E-state index contributed by atoms with van der Waals surface area (Å²) in [7, 11) is -1.18. The van der Waals surface area contributed by atoms with Crippen LogP contribution in [0.15, 0.2) is 6.33 Å². The van der Waals surface area contributed by atoms with E-state index in [1.165, 1.54) is 146 Å². The second-order valence-corrected chi connectivity index (χ2v) is 20.2. The number of aromatic nitrogens is 4. The Morgan fingerprint density at radius 3 is 1.80 bits per heavy atom. The molecule has 1 aliphatic heterocycles. The maximum atomic E-state index is 16.2. The molecule has 0 spiro atoms. The van der Waals surface area contributed by atoms with Gasteiger partial charge in [0.2, 0.25) is 0 Å². The summed E-state index contributed by atoms with van der Waals surface area (Å²) in [4.78, 5) is 38.7. The molecule has 1 saturated heterocycles. The molecule has 1 aliphatic rings. The molecule has 6 atom stereocenters. The molecule has 2 unspecified atom stereocenters. The van der Waals surface area contributed by atoms with Gasteiger partial charge >= 0.3 is 13.8 Å². The van der Waals surface area contributed by atoms with E-state index in [4.69, 9.17) is 23.3 Å². The van der Waals surface area contributed by atoms with Crippen LogP contribution in [0.5, 0.6) is 0 Å². The quantitative estimate of drug-likeness (QED) is 0.0368. The van der Waals surface area contributed by atoms with Crippen LogP contribution in [-0.4, -0.2) is 100.0 Å². The molecule has 0 aliphatic carbocycles. The van der Waals surface area contributed by atoms with E-state index >= 15 is 4.39 Å². The zero-order valence-corrected chi connectivity index (χ0v) is 42.2. The van der Waals surface area contributed by atoms with E-state index in [0.717, 1.165) is 38.5 Å². The van der Waals surface area contributed by atoms with E-state index in [-0.39, 0.29) is 13.0 Å². The maximum absolute atomic E-state index is 16.2. The number of aryl methyl sites for hydroxylation is 1. The van der Waals surface area contributed by atoms with Crippen LogP contribution in [0.25, 0.3) is 11.2 Å². The van der Waals surface area contributed by atoms with Crippen LogP contribution < -0.4 is 4.90 Å². The molecule has 2 aromatic heterocycles. The average molecular weight is 942 g/mol. The lowest BCUT2D eigenvalue weighted by Crippen LogP contribution is -2.40. The van der Waals surface area contributed by atoms with E-state index in [0.29, 0.717) is 35.8 Å². The summed E-state index contributed by atoms with van der Waals surface area (Å²) in [6.45, 7) is 6.73. The molecule has 0 bridgehead atoms. The van der Waals surface area contributed by atoms with E-state index in [9.17, 15) is 19.4 Å². The number of carbonyl (C=O) groups excluding carboxylic acids is 1. The Balaban J connectivity index is 1.43. The van der Waals surface area contributed by atoms with Crippen molar-refractivity contribution in [3.63, 3.8) is 0 Å². The highest BCUT2D eigenvalue weighted by atomic mass is 31.2. The SMILES string of the molecule is CCCCCCCCCCCCCCCCOCC(COP(=O)(O)OC[C@H]1O[C@@H](n2cnc3c(N(C)C)nc(C)nc32)[C@](C)(F)[C@@H]1O)OC(=O)CCCCCCCCCCCCCCC. The first kappa shape index (κ1) is 57.1. The molecule has 2 aromatic rings. The molecule has 0 amide bonds. The fourth-order valence-electron chi connectivity index (χ4n) is 8.49. The van der Waals surface area contributed by atoms with Crippen LogP contribution in [0, 0.1) is 6.92 Å². The standard InChI is InChI=1S/C49H89FN5O9P/c1-7-9-11-13-15-17-19-21-23-25-27-29-31-33-35-60-36-41(63-43(56)34-32-30-28-26-24-22-20-18-16-14-12-10-8-2)37-61-65(58,59)62-38-42-45(57)49(4,50)48(64-42)55-39-51-44-46(54(5)6)52-40(3)53-47(44)55/h39,41-42,45,48,57H,7-38H2,1-6H3,(H,58,59)/t41?,42-,45-,48-,49-/m1/s1. The van der Waals surface area contributed by atoms with Gasteiger partial charge in [-0.25, -0.2) is 23.9 Å². The fraction of sp³-hybridized carbons (Fsp3) is 0.878. The predicted octanol–water partition coefficient (Wildman–Crippen LogP) is 12.2. The Morgan fingerprint density at radius 1 is 0.800 bits per heavy atom. The number of nitrogens with zero attached hydrogens (tertiary/aromatic N) is 5. The minimum atomic E-state index is -4.79. The zero-order valence-electron chi connectivity index (χ0n) is 41.3. The minimum absolute atomic E-state index is 0.00739. The number of hydrogen-bond acceptors (Lipinski definition) is 12. The second-order valence-electron chi connectivity index (χ2n) is 18.8. The normalized spacial score (nSPS) is 20.1. The fourth-order valence-corrected chi connectivity index (χ4v) is 9.25. The van der Waals surface area contributed by atoms with Gasteiger partial charge in [0.15, 0.2) is 28.9 Å². The van der Waals surface area contributed by atoms with Crippen LogP contribution in [0.2, 0.25) is 0 Å². The van der Waals surface area contributed by atoms with Crippen molar-refractivity contribution in [3.8, 4) is 0 Å². The summed E-state index contributed by atoms with van der Waals surface area (Å²) in [5.41, 5.74) is -1.62. The van der Waals surface area contributed by atoms with E-state index in [2.05, 4.69) is 28.8 Å². The van der Waals surface area contributed by atoms with Crippen molar-refractivity contribution in [2.45, 2.75) is 238 Å². The number of esters is 1. The van der Waals surface area contributed by atoms with Crippen molar-refractivity contribution in [2.75, 3.05) is 45.4 Å². The Kier molecular flexibility index (Phi) is 28.5. The topological polar surface area (TPSA) is 168 Å². The molecule has 14 nitrogen and oxygen atoms in total. The Bertz CT molecular complexity index is 1620. The van der Waals surface area contributed by atoms with Crippen molar-refractivity contribution < 1.29 is 47.0 Å². The first-order valence-corrected chi connectivity index (χ1v) is 27.1. The molecular formula is C49H89FN5O9P. The molecule has 1 fully saturated rings. The first-order valence-electron chi connectivity index (χ1n) is 25.6. The Labute approximate surface area is 391 Å². The number of unbranched alkanes of at least 4 members (excludes halogenated alkanes) is 25. The average Bonchev–Trinajstić information content (AvgIpc) is 3.78. The highest BCUT2D eigenvalue weighted by Gasteiger charge is 2.56. The molecule has 376 valence electrons. The maximum Gasteiger partial charge on any atom is 0.472 e.